The quantitative estimate of drug-likeness (QED) is 0.818. The van der Waals surface area contributed by atoms with Gasteiger partial charge < -0.3 is 14.4 Å². The molecule has 0 aliphatic carbocycles. The van der Waals surface area contributed by atoms with Crippen LogP contribution in [0.15, 0.2) is 18.2 Å². The molecule has 1 unspecified atom stereocenters. The molecule has 2 aliphatic heterocycles. The average molecular weight is 247 g/mol. The van der Waals surface area contributed by atoms with Crippen molar-refractivity contribution in [3.63, 3.8) is 0 Å². The van der Waals surface area contributed by atoms with Crippen LogP contribution in [0.3, 0.4) is 0 Å². The van der Waals surface area contributed by atoms with Crippen molar-refractivity contribution in [1.82, 2.24) is 4.90 Å². The Labute approximate surface area is 106 Å². The lowest BCUT2D eigenvalue weighted by Crippen LogP contribution is -2.18. The Morgan fingerprint density at radius 2 is 2.39 bits per heavy atom. The Morgan fingerprint density at radius 3 is 3.17 bits per heavy atom. The lowest BCUT2D eigenvalue weighted by atomic mass is 10.1. The molecule has 1 fully saturated rings. The molecular weight excluding hydrogens is 230 g/mol. The standard InChI is InChI=1S/C14H17NO3/c1-15-8-10-4-5-11(7-13(10)14(15)16)18-9-12-3-2-6-17-12/h4-5,7,12H,2-3,6,8-9H2,1H3. The van der Waals surface area contributed by atoms with Gasteiger partial charge in [0.15, 0.2) is 0 Å². The maximum atomic E-state index is 11.9. The van der Waals surface area contributed by atoms with Crippen LogP contribution in [0.1, 0.15) is 28.8 Å². The average Bonchev–Trinajstić information content (AvgIpc) is 2.97. The first kappa shape index (κ1) is 11.5. The van der Waals surface area contributed by atoms with Gasteiger partial charge in [-0.3, -0.25) is 4.79 Å². The van der Waals surface area contributed by atoms with Crippen LogP contribution in [0.25, 0.3) is 0 Å². The van der Waals surface area contributed by atoms with Crippen molar-refractivity contribution >= 4 is 5.91 Å². The number of benzene rings is 1. The Kier molecular flexibility index (Phi) is 2.96. The van der Waals surface area contributed by atoms with E-state index in [0.29, 0.717) is 13.2 Å². The molecule has 1 saturated heterocycles. The first-order chi connectivity index (χ1) is 8.74. The van der Waals surface area contributed by atoms with Gasteiger partial charge in [0.1, 0.15) is 12.4 Å². The third kappa shape index (κ3) is 2.08. The summed E-state index contributed by atoms with van der Waals surface area (Å²) in [6.07, 6.45) is 2.38. The van der Waals surface area contributed by atoms with Gasteiger partial charge in [-0.15, -0.1) is 0 Å². The van der Waals surface area contributed by atoms with Crippen molar-refractivity contribution in [2.24, 2.45) is 0 Å². The third-order valence-corrected chi connectivity index (χ3v) is 3.53. The smallest absolute Gasteiger partial charge is 0.254 e. The molecule has 0 radical (unpaired) electrons. The normalized spacial score (nSPS) is 22.4. The van der Waals surface area contributed by atoms with Gasteiger partial charge in [0.2, 0.25) is 0 Å². The Hall–Kier alpha value is -1.55. The molecule has 0 aromatic heterocycles. The highest BCUT2D eigenvalue weighted by Crippen LogP contribution is 2.26. The molecule has 3 rings (SSSR count). The minimum absolute atomic E-state index is 0.0765. The lowest BCUT2D eigenvalue weighted by molar-refractivity contribution is 0.0679. The van der Waals surface area contributed by atoms with Gasteiger partial charge in [-0.1, -0.05) is 6.07 Å². The molecule has 0 spiro atoms. The molecule has 1 aromatic carbocycles. The van der Waals surface area contributed by atoms with Gasteiger partial charge in [-0.2, -0.15) is 0 Å². The molecule has 2 aliphatic rings. The zero-order chi connectivity index (χ0) is 12.5. The van der Waals surface area contributed by atoms with Crippen molar-refractivity contribution in [3.05, 3.63) is 29.3 Å². The number of nitrogens with zero attached hydrogens (tertiary/aromatic N) is 1. The summed E-state index contributed by atoms with van der Waals surface area (Å²) < 4.78 is 11.2. The SMILES string of the molecule is CN1Cc2ccc(OCC3CCCO3)cc2C1=O. The maximum Gasteiger partial charge on any atom is 0.254 e. The molecule has 0 bridgehead atoms. The van der Waals surface area contributed by atoms with Gasteiger partial charge >= 0.3 is 0 Å². The van der Waals surface area contributed by atoms with E-state index in [9.17, 15) is 4.79 Å². The van der Waals surface area contributed by atoms with Crippen LogP contribution in [0.2, 0.25) is 0 Å². The van der Waals surface area contributed by atoms with Crippen LogP contribution in [0, 0.1) is 0 Å². The topological polar surface area (TPSA) is 38.8 Å². The highest BCUT2D eigenvalue weighted by molar-refractivity contribution is 5.98. The summed E-state index contributed by atoms with van der Waals surface area (Å²) in [6, 6.07) is 5.75. The number of carbonyl (C=O) groups excluding carboxylic acids is 1. The fraction of sp³-hybridized carbons (Fsp3) is 0.500. The van der Waals surface area contributed by atoms with E-state index in [2.05, 4.69) is 0 Å². The summed E-state index contributed by atoms with van der Waals surface area (Å²) in [5, 5.41) is 0. The van der Waals surface area contributed by atoms with E-state index < -0.39 is 0 Å². The van der Waals surface area contributed by atoms with E-state index in [0.717, 1.165) is 36.3 Å². The van der Waals surface area contributed by atoms with E-state index in [-0.39, 0.29) is 12.0 Å². The minimum atomic E-state index is 0.0765. The fourth-order valence-corrected chi connectivity index (χ4v) is 2.48. The Morgan fingerprint density at radius 1 is 1.50 bits per heavy atom. The van der Waals surface area contributed by atoms with E-state index >= 15 is 0 Å². The molecule has 4 heteroatoms. The Balaban J connectivity index is 1.69. The van der Waals surface area contributed by atoms with Crippen LogP contribution in [-0.4, -0.2) is 37.2 Å². The van der Waals surface area contributed by atoms with Crippen molar-refractivity contribution < 1.29 is 14.3 Å². The molecule has 1 amide bonds. The fourth-order valence-electron chi connectivity index (χ4n) is 2.48. The highest BCUT2D eigenvalue weighted by Gasteiger charge is 2.24. The molecule has 0 N–H and O–H groups in total. The molecule has 0 saturated carbocycles. The largest absolute Gasteiger partial charge is 0.491 e. The first-order valence-electron chi connectivity index (χ1n) is 6.37. The predicted molar refractivity (Wildman–Crippen MR) is 66.7 cm³/mol. The molecule has 1 atom stereocenters. The third-order valence-electron chi connectivity index (χ3n) is 3.53. The summed E-state index contributed by atoms with van der Waals surface area (Å²) in [7, 11) is 1.81. The number of fused-ring (bicyclic) bond motifs is 1. The molecule has 96 valence electrons. The van der Waals surface area contributed by atoms with E-state index in [1.807, 2.05) is 25.2 Å². The molecule has 4 nitrogen and oxygen atoms in total. The molecule has 18 heavy (non-hydrogen) atoms. The summed E-state index contributed by atoms with van der Waals surface area (Å²) >= 11 is 0. The summed E-state index contributed by atoms with van der Waals surface area (Å²) in [5.41, 5.74) is 1.84. The van der Waals surface area contributed by atoms with E-state index in [1.165, 1.54) is 0 Å². The number of ether oxygens (including phenoxy) is 2. The maximum absolute atomic E-state index is 11.9. The van der Waals surface area contributed by atoms with Crippen LogP contribution in [0.5, 0.6) is 5.75 Å². The summed E-state index contributed by atoms with van der Waals surface area (Å²) in [6.45, 7) is 2.10. The van der Waals surface area contributed by atoms with Crippen LogP contribution >= 0.6 is 0 Å². The molecular formula is C14H17NO3. The zero-order valence-corrected chi connectivity index (χ0v) is 10.5. The van der Waals surface area contributed by atoms with Gasteiger partial charge in [0.05, 0.1) is 6.10 Å². The number of rotatable bonds is 3. The molecule has 2 heterocycles. The minimum Gasteiger partial charge on any atom is -0.491 e. The van der Waals surface area contributed by atoms with Gasteiger partial charge in [-0.25, -0.2) is 0 Å². The van der Waals surface area contributed by atoms with Gasteiger partial charge in [-0.05, 0) is 30.5 Å². The highest BCUT2D eigenvalue weighted by atomic mass is 16.5. The first-order valence-corrected chi connectivity index (χ1v) is 6.37. The second kappa shape index (κ2) is 4.61. The summed E-state index contributed by atoms with van der Waals surface area (Å²) in [4.78, 5) is 13.6. The number of hydrogen-bond donors (Lipinski definition) is 0. The monoisotopic (exact) mass is 247 g/mol. The van der Waals surface area contributed by atoms with Crippen molar-refractivity contribution in [3.8, 4) is 5.75 Å². The lowest BCUT2D eigenvalue weighted by Gasteiger charge is -2.11. The predicted octanol–water partition coefficient (Wildman–Crippen LogP) is 1.83. The Bertz CT molecular complexity index is 466. The number of carbonyl (C=O) groups is 1. The van der Waals surface area contributed by atoms with Crippen LogP contribution in [-0.2, 0) is 11.3 Å². The second-order valence-corrected chi connectivity index (χ2v) is 4.93. The van der Waals surface area contributed by atoms with E-state index in [1.54, 1.807) is 4.90 Å². The number of hydrogen-bond acceptors (Lipinski definition) is 3. The van der Waals surface area contributed by atoms with Crippen molar-refractivity contribution in [2.45, 2.75) is 25.5 Å². The van der Waals surface area contributed by atoms with Crippen molar-refractivity contribution in [1.29, 1.82) is 0 Å². The van der Waals surface area contributed by atoms with Gasteiger partial charge in [0.25, 0.3) is 5.91 Å². The summed E-state index contributed by atoms with van der Waals surface area (Å²) in [5.74, 6) is 0.834. The van der Waals surface area contributed by atoms with Crippen molar-refractivity contribution in [2.75, 3.05) is 20.3 Å². The molecule has 1 aromatic rings. The van der Waals surface area contributed by atoms with Gasteiger partial charge in [0, 0.05) is 25.8 Å². The zero-order valence-electron chi connectivity index (χ0n) is 10.5. The van der Waals surface area contributed by atoms with E-state index in [4.69, 9.17) is 9.47 Å². The van der Waals surface area contributed by atoms with Crippen LogP contribution < -0.4 is 4.74 Å². The van der Waals surface area contributed by atoms with Crippen LogP contribution in [0.4, 0.5) is 0 Å². The second-order valence-electron chi connectivity index (χ2n) is 4.93. The number of amides is 1.